The standard InChI is InChI=1S/C18H20N4OS.ClH/c1-11-3-2-4-14-15(11)21-17(20-14)12-5-8-22(9-6-12)18(23)16-13(19)7-10-24-16;/h2-4,7,10,12H,5-6,8-9,19H2,1H3,(H,20,21);1H. The van der Waals surface area contributed by atoms with Crippen LogP contribution in [-0.2, 0) is 0 Å². The van der Waals surface area contributed by atoms with Crippen LogP contribution in [0.2, 0.25) is 0 Å². The van der Waals surface area contributed by atoms with E-state index in [9.17, 15) is 4.79 Å². The van der Waals surface area contributed by atoms with Gasteiger partial charge in [0.2, 0.25) is 0 Å². The van der Waals surface area contributed by atoms with Crippen LogP contribution in [0.25, 0.3) is 11.0 Å². The molecule has 2 aromatic heterocycles. The second-order valence-corrected chi connectivity index (χ2v) is 7.28. The van der Waals surface area contributed by atoms with Gasteiger partial charge in [0.25, 0.3) is 5.91 Å². The van der Waals surface area contributed by atoms with Crippen LogP contribution < -0.4 is 5.73 Å². The number of amides is 1. The van der Waals surface area contributed by atoms with Gasteiger partial charge in [-0.2, -0.15) is 0 Å². The molecule has 0 spiro atoms. The highest BCUT2D eigenvalue weighted by Gasteiger charge is 2.27. The monoisotopic (exact) mass is 376 g/mol. The number of aryl methyl sites for hydroxylation is 1. The molecule has 1 aliphatic rings. The molecule has 0 saturated carbocycles. The lowest BCUT2D eigenvalue weighted by Gasteiger charge is -2.31. The molecule has 3 aromatic rings. The Labute approximate surface area is 156 Å². The predicted molar refractivity (Wildman–Crippen MR) is 105 cm³/mol. The number of aromatic amines is 1. The Bertz CT molecular complexity index is 896. The Morgan fingerprint density at radius 1 is 1.32 bits per heavy atom. The van der Waals surface area contributed by atoms with E-state index >= 15 is 0 Å². The highest BCUT2D eigenvalue weighted by Crippen LogP contribution is 2.30. The first kappa shape index (κ1) is 17.8. The molecular weight excluding hydrogens is 356 g/mol. The largest absolute Gasteiger partial charge is 0.397 e. The lowest BCUT2D eigenvalue weighted by atomic mass is 9.96. The molecule has 1 aliphatic heterocycles. The molecule has 7 heteroatoms. The van der Waals surface area contributed by atoms with Crippen molar-refractivity contribution in [1.29, 1.82) is 0 Å². The summed E-state index contributed by atoms with van der Waals surface area (Å²) in [5, 5.41) is 1.87. The molecule has 0 atom stereocenters. The summed E-state index contributed by atoms with van der Waals surface area (Å²) in [6.45, 7) is 3.58. The summed E-state index contributed by atoms with van der Waals surface area (Å²) in [5.74, 6) is 1.48. The van der Waals surface area contributed by atoms with Crippen LogP contribution in [0.15, 0.2) is 29.6 Å². The van der Waals surface area contributed by atoms with Crippen LogP contribution in [0, 0.1) is 6.92 Å². The van der Waals surface area contributed by atoms with Gasteiger partial charge in [-0.25, -0.2) is 4.98 Å². The number of hydrogen-bond donors (Lipinski definition) is 2. The number of likely N-dealkylation sites (tertiary alicyclic amines) is 1. The zero-order chi connectivity index (χ0) is 16.7. The van der Waals surface area contributed by atoms with Gasteiger partial charge in [0.1, 0.15) is 10.7 Å². The summed E-state index contributed by atoms with van der Waals surface area (Å²) >= 11 is 1.42. The van der Waals surface area contributed by atoms with Crippen molar-refractivity contribution in [3.63, 3.8) is 0 Å². The SMILES string of the molecule is Cc1cccc2[nH]c(C3CCN(C(=O)c4sccc4N)CC3)nc12.Cl. The number of nitrogens with one attached hydrogen (secondary N) is 1. The van der Waals surface area contributed by atoms with Crippen molar-refractivity contribution in [2.75, 3.05) is 18.8 Å². The second kappa shape index (κ2) is 7.06. The summed E-state index contributed by atoms with van der Waals surface area (Å²) in [6, 6.07) is 7.99. The third-order valence-electron chi connectivity index (χ3n) is 4.79. The molecule has 132 valence electrons. The zero-order valence-corrected chi connectivity index (χ0v) is 15.6. The maximum atomic E-state index is 12.5. The fourth-order valence-electron chi connectivity index (χ4n) is 3.38. The number of halogens is 1. The molecule has 0 radical (unpaired) electrons. The summed E-state index contributed by atoms with van der Waals surface area (Å²) in [5.41, 5.74) is 9.79. The molecule has 0 bridgehead atoms. The number of benzene rings is 1. The molecule has 1 amide bonds. The Kier molecular flexibility index (Phi) is 5.01. The number of carbonyl (C=O) groups excluding carboxylic acids is 1. The molecule has 1 saturated heterocycles. The normalized spacial score (nSPS) is 15.3. The van der Waals surface area contributed by atoms with E-state index in [0.29, 0.717) is 16.5 Å². The van der Waals surface area contributed by atoms with Crippen molar-refractivity contribution in [2.45, 2.75) is 25.7 Å². The van der Waals surface area contributed by atoms with Crippen molar-refractivity contribution in [3.05, 3.63) is 45.9 Å². The predicted octanol–water partition coefficient (Wildman–Crippen LogP) is 3.96. The highest BCUT2D eigenvalue weighted by molar-refractivity contribution is 7.12. The van der Waals surface area contributed by atoms with Crippen molar-refractivity contribution < 1.29 is 4.79 Å². The summed E-state index contributed by atoms with van der Waals surface area (Å²) in [4.78, 5) is 23.4. The Morgan fingerprint density at radius 3 is 2.72 bits per heavy atom. The number of anilines is 1. The lowest BCUT2D eigenvalue weighted by Crippen LogP contribution is -2.38. The van der Waals surface area contributed by atoms with E-state index in [4.69, 9.17) is 10.7 Å². The number of carbonyl (C=O) groups is 1. The van der Waals surface area contributed by atoms with Crippen LogP contribution >= 0.6 is 23.7 Å². The summed E-state index contributed by atoms with van der Waals surface area (Å²) in [6.07, 6.45) is 1.85. The first-order valence-electron chi connectivity index (χ1n) is 8.21. The molecule has 0 aliphatic carbocycles. The Morgan fingerprint density at radius 2 is 2.08 bits per heavy atom. The van der Waals surface area contributed by atoms with E-state index in [1.807, 2.05) is 16.3 Å². The molecule has 1 fully saturated rings. The fraction of sp³-hybridized carbons (Fsp3) is 0.333. The molecule has 1 aromatic carbocycles. The number of H-pyrrole nitrogens is 1. The smallest absolute Gasteiger partial charge is 0.266 e. The van der Waals surface area contributed by atoms with Gasteiger partial charge in [-0.3, -0.25) is 4.79 Å². The van der Waals surface area contributed by atoms with E-state index in [1.165, 1.54) is 16.9 Å². The quantitative estimate of drug-likeness (QED) is 0.710. The molecule has 25 heavy (non-hydrogen) atoms. The average molecular weight is 377 g/mol. The van der Waals surface area contributed by atoms with Crippen LogP contribution in [0.5, 0.6) is 0 Å². The van der Waals surface area contributed by atoms with E-state index in [1.54, 1.807) is 6.07 Å². The van der Waals surface area contributed by atoms with Crippen molar-refractivity contribution in [1.82, 2.24) is 14.9 Å². The van der Waals surface area contributed by atoms with E-state index in [0.717, 1.165) is 42.8 Å². The molecule has 5 nitrogen and oxygen atoms in total. The van der Waals surface area contributed by atoms with E-state index in [2.05, 4.69) is 24.0 Å². The average Bonchev–Trinajstić information content (AvgIpc) is 3.21. The van der Waals surface area contributed by atoms with Gasteiger partial charge in [-0.05, 0) is 42.8 Å². The van der Waals surface area contributed by atoms with Gasteiger partial charge in [0.05, 0.1) is 16.7 Å². The third-order valence-corrected chi connectivity index (χ3v) is 5.71. The number of piperidine rings is 1. The number of nitrogens with zero attached hydrogens (tertiary/aromatic N) is 2. The molecule has 3 N–H and O–H groups in total. The fourth-order valence-corrected chi connectivity index (χ4v) is 4.17. The van der Waals surface area contributed by atoms with Gasteiger partial charge in [0, 0.05) is 19.0 Å². The zero-order valence-electron chi connectivity index (χ0n) is 14.0. The number of imidazole rings is 1. The number of nitrogens with two attached hydrogens (primary N) is 1. The van der Waals surface area contributed by atoms with Gasteiger partial charge in [0.15, 0.2) is 0 Å². The summed E-state index contributed by atoms with van der Waals surface area (Å²) in [7, 11) is 0. The molecule has 0 unspecified atom stereocenters. The van der Waals surface area contributed by atoms with Crippen LogP contribution in [-0.4, -0.2) is 33.9 Å². The topological polar surface area (TPSA) is 75.0 Å². The highest BCUT2D eigenvalue weighted by atomic mass is 35.5. The van der Waals surface area contributed by atoms with E-state index in [-0.39, 0.29) is 18.3 Å². The molecule has 3 heterocycles. The van der Waals surface area contributed by atoms with Crippen LogP contribution in [0.4, 0.5) is 5.69 Å². The van der Waals surface area contributed by atoms with Crippen LogP contribution in [0.3, 0.4) is 0 Å². The number of fused-ring (bicyclic) bond motifs is 1. The maximum absolute atomic E-state index is 12.5. The maximum Gasteiger partial charge on any atom is 0.266 e. The molecular formula is C18H21ClN4OS. The number of thiophene rings is 1. The van der Waals surface area contributed by atoms with Crippen LogP contribution in [0.1, 0.15) is 39.8 Å². The minimum atomic E-state index is 0. The third kappa shape index (κ3) is 3.24. The number of aromatic nitrogens is 2. The number of nitrogen functional groups attached to an aromatic ring is 1. The minimum absolute atomic E-state index is 0. The number of hydrogen-bond acceptors (Lipinski definition) is 4. The van der Waals surface area contributed by atoms with Crippen molar-refractivity contribution in [3.8, 4) is 0 Å². The Balaban J connectivity index is 0.00000182. The minimum Gasteiger partial charge on any atom is -0.397 e. The van der Waals surface area contributed by atoms with Gasteiger partial charge in [-0.1, -0.05) is 12.1 Å². The second-order valence-electron chi connectivity index (χ2n) is 6.36. The van der Waals surface area contributed by atoms with E-state index < -0.39 is 0 Å². The summed E-state index contributed by atoms with van der Waals surface area (Å²) < 4.78 is 0. The Hall–Kier alpha value is -2.05. The number of rotatable bonds is 2. The van der Waals surface area contributed by atoms with Crippen molar-refractivity contribution in [2.24, 2.45) is 0 Å². The van der Waals surface area contributed by atoms with Gasteiger partial charge in [-0.15, -0.1) is 23.7 Å². The first-order valence-corrected chi connectivity index (χ1v) is 9.09. The van der Waals surface area contributed by atoms with Crippen molar-refractivity contribution >= 4 is 46.4 Å². The van der Waals surface area contributed by atoms with Gasteiger partial charge >= 0.3 is 0 Å². The number of para-hydroxylation sites is 1. The first-order chi connectivity index (χ1) is 11.6. The lowest BCUT2D eigenvalue weighted by molar-refractivity contribution is 0.0717. The van der Waals surface area contributed by atoms with Gasteiger partial charge < -0.3 is 15.6 Å². The molecule has 4 rings (SSSR count).